The second-order valence-corrected chi connectivity index (χ2v) is 7.60. The van der Waals surface area contributed by atoms with Gasteiger partial charge >= 0.3 is 0 Å². The Morgan fingerprint density at radius 3 is 2.21 bits per heavy atom. The van der Waals surface area contributed by atoms with Crippen LogP contribution in [0.25, 0.3) is 22.2 Å². The van der Waals surface area contributed by atoms with Crippen LogP contribution in [0, 0.1) is 0 Å². The normalized spacial score (nSPS) is 10.9. The summed E-state index contributed by atoms with van der Waals surface area (Å²) in [6, 6.07) is 22.4. The van der Waals surface area contributed by atoms with Crippen LogP contribution in [-0.4, -0.2) is 10.9 Å². The third-order valence-corrected chi connectivity index (χ3v) is 5.27. The smallest absolute Gasteiger partial charge is 0.256 e. The molecule has 3 nitrogen and oxygen atoms in total. The highest BCUT2D eigenvalue weighted by Crippen LogP contribution is 2.28. The van der Waals surface area contributed by atoms with Crippen molar-refractivity contribution in [2.24, 2.45) is 0 Å². The number of nitrogens with one attached hydrogen (secondary N) is 1. The number of amides is 1. The molecule has 0 bridgehead atoms. The van der Waals surface area contributed by atoms with Gasteiger partial charge in [-0.1, -0.05) is 48.3 Å². The van der Waals surface area contributed by atoms with Crippen LogP contribution in [0.4, 0.5) is 5.69 Å². The van der Waals surface area contributed by atoms with E-state index in [1.165, 1.54) is 0 Å². The number of nitrogens with zero attached hydrogens (tertiary/aromatic N) is 1. The van der Waals surface area contributed by atoms with Crippen LogP contribution in [0.2, 0.25) is 10.0 Å². The van der Waals surface area contributed by atoms with Crippen molar-refractivity contribution in [1.29, 1.82) is 0 Å². The van der Waals surface area contributed by atoms with Crippen LogP contribution >= 0.6 is 23.2 Å². The van der Waals surface area contributed by atoms with Crippen LogP contribution in [0.15, 0.2) is 72.8 Å². The first-order valence-corrected chi connectivity index (χ1v) is 10.1. The van der Waals surface area contributed by atoms with Gasteiger partial charge in [-0.15, -0.1) is 0 Å². The fourth-order valence-corrected chi connectivity index (χ4v) is 3.43. The van der Waals surface area contributed by atoms with Crippen LogP contribution in [0.5, 0.6) is 0 Å². The van der Waals surface area contributed by atoms with E-state index in [0.29, 0.717) is 21.3 Å². The lowest BCUT2D eigenvalue weighted by atomic mass is 10.0. The average Bonchev–Trinajstić information content (AvgIpc) is 2.74. The highest BCUT2D eigenvalue weighted by molar-refractivity contribution is 6.31. The molecule has 4 aromatic rings. The highest BCUT2D eigenvalue weighted by Gasteiger charge is 2.15. The van der Waals surface area contributed by atoms with Crippen molar-refractivity contribution in [1.82, 2.24) is 4.98 Å². The molecule has 1 aromatic heterocycles. The van der Waals surface area contributed by atoms with Crippen molar-refractivity contribution in [3.05, 3.63) is 94.0 Å². The van der Waals surface area contributed by atoms with E-state index in [2.05, 4.69) is 12.2 Å². The Labute approximate surface area is 179 Å². The zero-order chi connectivity index (χ0) is 20.4. The van der Waals surface area contributed by atoms with Crippen LogP contribution in [0.1, 0.15) is 22.8 Å². The second kappa shape index (κ2) is 8.24. The molecule has 1 heterocycles. The number of aromatic nitrogens is 1. The van der Waals surface area contributed by atoms with Gasteiger partial charge in [0.2, 0.25) is 0 Å². The molecule has 4 rings (SSSR count). The second-order valence-electron chi connectivity index (χ2n) is 6.73. The molecule has 1 N–H and O–H groups in total. The van der Waals surface area contributed by atoms with Gasteiger partial charge in [0.25, 0.3) is 5.91 Å². The summed E-state index contributed by atoms with van der Waals surface area (Å²) >= 11 is 12.0. The van der Waals surface area contributed by atoms with Crippen molar-refractivity contribution < 1.29 is 4.79 Å². The Bertz CT molecular complexity index is 1190. The number of anilines is 1. The molecule has 0 saturated heterocycles. The van der Waals surface area contributed by atoms with Crippen molar-refractivity contribution in [2.45, 2.75) is 13.3 Å². The van der Waals surface area contributed by atoms with Gasteiger partial charge in [-0.25, -0.2) is 4.98 Å². The molecule has 0 radical (unpaired) electrons. The molecule has 29 heavy (non-hydrogen) atoms. The van der Waals surface area contributed by atoms with E-state index in [0.717, 1.165) is 34.1 Å². The maximum atomic E-state index is 13.2. The first-order chi connectivity index (χ1) is 14.0. The number of rotatable bonds is 4. The molecule has 0 saturated carbocycles. The van der Waals surface area contributed by atoms with Gasteiger partial charge < -0.3 is 5.32 Å². The minimum Gasteiger partial charge on any atom is -0.322 e. The number of pyridine rings is 1. The molecule has 0 unspecified atom stereocenters. The number of fused-ring (bicyclic) bond motifs is 1. The number of carbonyl (C=O) groups is 1. The zero-order valence-corrected chi connectivity index (χ0v) is 17.3. The fourth-order valence-electron chi connectivity index (χ4n) is 3.18. The molecule has 0 fully saturated rings. The summed E-state index contributed by atoms with van der Waals surface area (Å²) in [6.45, 7) is 2.09. The van der Waals surface area contributed by atoms with E-state index in [9.17, 15) is 4.79 Å². The molecule has 0 aliphatic carbocycles. The van der Waals surface area contributed by atoms with Gasteiger partial charge in [-0.05, 0) is 66.6 Å². The quantitative estimate of drug-likeness (QED) is 0.385. The summed E-state index contributed by atoms with van der Waals surface area (Å²) < 4.78 is 0. The summed E-state index contributed by atoms with van der Waals surface area (Å²) in [5.74, 6) is -0.191. The van der Waals surface area contributed by atoms with Gasteiger partial charge in [0.15, 0.2) is 0 Å². The summed E-state index contributed by atoms with van der Waals surface area (Å²) in [7, 11) is 0. The van der Waals surface area contributed by atoms with Crippen molar-refractivity contribution in [3.8, 4) is 11.3 Å². The molecule has 0 atom stereocenters. The third kappa shape index (κ3) is 4.26. The minimum atomic E-state index is -0.191. The van der Waals surface area contributed by atoms with Gasteiger partial charge in [-0.2, -0.15) is 0 Å². The van der Waals surface area contributed by atoms with E-state index in [-0.39, 0.29) is 5.91 Å². The molecular weight excluding hydrogens is 403 g/mol. The number of aryl methyl sites for hydroxylation is 1. The first kappa shape index (κ1) is 19.4. The predicted molar refractivity (Wildman–Crippen MR) is 121 cm³/mol. The maximum Gasteiger partial charge on any atom is 0.256 e. The predicted octanol–water partition coefficient (Wildman–Crippen LogP) is 7.02. The largest absolute Gasteiger partial charge is 0.322 e. The molecular formula is C24H18Cl2N2O. The van der Waals surface area contributed by atoms with E-state index in [1.807, 2.05) is 48.5 Å². The fraction of sp³-hybridized carbons (Fsp3) is 0.0833. The van der Waals surface area contributed by atoms with Gasteiger partial charge in [-0.3, -0.25) is 4.79 Å². The Morgan fingerprint density at radius 2 is 1.55 bits per heavy atom. The molecule has 0 aliphatic rings. The summed E-state index contributed by atoms with van der Waals surface area (Å²) in [6.07, 6.45) is 0.882. The van der Waals surface area contributed by atoms with E-state index in [1.54, 1.807) is 24.3 Å². The van der Waals surface area contributed by atoms with Crippen LogP contribution in [-0.2, 0) is 6.42 Å². The average molecular weight is 421 g/mol. The lowest BCUT2D eigenvalue weighted by molar-refractivity contribution is 0.102. The minimum absolute atomic E-state index is 0.191. The van der Waals surface area contributed by atoms with E-state index < -0.39 is 0 Å². The van der Waals surface area contributed by atoms with Crippen LogP contribution < -0.4 is 5.32 Å². The van der Waals surface area contributed by atoms with Crippen LogP contribution in [0.3, 0.4) is 0 Å². The Hall–Kier alpha value is -2.88. The van der Waals surface area contributed by atoms with Gasteiger partial charge in [0, 0.05) is 26.7 Å². The molecule has 0 spiro atoms. The van der Waals surface area contributed by atoms with Crippen molar-refractivity contribution in [3.63, 3.8) is 0 Å². The zero-order valence-electron chi connectivity index (χ0n) is 15.7. The molecule has 144 valence electrons. The van der Waals surface area contributed by atoms with Gasteiger partial charge in [0.1, 0.15) is 0 Å². The summed E-state index contributed by atoms with van der Waals surface area (Å²) in [4.78, 5) is 17.9. The number of benzene rings is 3. The molecule has 3 aromatic carbocycles. The lowest BCUT2D eigenvalue weighted by Gasteiger charge is -2.12. The Kier molecular flexibility index (Phi) is 5.52. The number of hydrogen-bond donors (Lipinski definition) is 1. The van der Waals surface area contributed by atoms with E-state index in [4.69, 9.17) is 28.2 Å². The SMILES string of the molecule is CCc1ccc2nc(-c3ccc(Cl)cc3)cc(C(=O)Nc3ccc(Cl)cc3)c2c1. The molecule has 0 aliphatic heterocycles. The highest BCUT2D eigenvalue weighted by atomic mass is 35.5. The van der Waals surface area contributed by atoms with Crippen molar-refractivity contribution >= 4 is 45.7 Å². The maximum absolute atomic E-state index is 13.2. The van der Waals surface area contributed by atoms with E-state index >= 15 is 0 Å². The van der Waals surface area contributed by atoms with Crippen molar-refractivity contribution in [2.75, 3.05) is 5.32 Å². The summed E-state index contributed by atoms with van der Waals surface area (Å²) in [5, 5.41) is 5.06. The standard InChI is InChI=1S/C24H18Cl2N2O/c1-2-15-3-12-22-20(13-15)21(24(29)27-19-10-8-18(26)9-11-19)14-23(28-22)16-4-6-17(25)7-5-16/h3-14H,2H2,1H3,(H,27,29). The number of carbonyl (C=O) groups excluding carboxylic acids is 1. The lowest BCUT2D eigenvalue weighted by Crippen LogP contribution is -2.13. The Morgan fingerprint density at radius 1 is 0.897 bits per heavy atom. The first-order valence-electron chi connectivity index (χ1n) is 9.30. The topological polar surface area (TPSA) is 42.0 Å². The Balaban J connectivity index is 1.83. The number of hydrogen-bond acceptors (Lipinski definition) is 2. The molecule has 1 amide bonds. The van der Waals surface area contributed by atoms with Gasteiger partial charge in [0.05, 0.1) is 16.8 Å². The molecule has 5 heteroatoms. The summed E-state index contributed by atoms with van der Waals surface area (Å²) in [5.41, 5.74) is 4.81. The number of halogens is 2. The monoisotopic (exact) mass is 420 g/mol. The third-order valence-electron chi connectivity index (χ3n) is 4.77.